The molecule has 0 aromatic heterocycles. The van der Waals surface area contributed by atoms with E-state index in [0.29, 0.717) is 0 Å². The van der Waals surface area contributed by atoms with Crippen LogP contribution in [0.25, 0.3) is 0 Å². The molecule has 0 saturated carbocycles. The molecule has 1 aliphatic rings. The Morgan fingerprint density at radius 1 is 1.24 bits per heavy atom. The highest BCUT2D eigenvalue weighted by Crippen LogP contribution is 2.28. The Morgan fingerprint density at radius 3 is 2.41 bits per heavy atom. The van der Waals surface area contributed by atoms with Crippen LogP contribution in [0.1, 0.15) is 32.4 Å². The smallest absolute Gasteiger partial charge is 0.0781 e. The van der Waals surface area contributed by atoms with Gasteiger partial charge in [-0.3, -0.25) is 0 Å². The van der Waals surface area contributed by atoms with Gasteiger partial charge in [0.2, 0.25) is 0 Å². The number of benzene rings is 1. The topological polar surface area (TPSA) is 32.7 Å². The maximum Gasteiger partial charge on any atom is 0.0781 e. The standard InChI is InChI=1S/C14H21NO2/c1-10-8-15(9-11(2)17-10)14-7-5-4-6-13(14)12(3)16/h4-7,10-12,16H,8-9H2,1-3H3/t10?,11?,12-/m1/s1. The fraction of sp³-hybridized carbons (Fsp3) is 0.571. The van der Waals surface area contributed by atoms with E-state index in [2.05, 4.69) is 24.8 Å². The summed E-state index contributed by atoms with van der Waals surface area (Å²) in [5, 5.41) is 9.81. The summed E-state index contributed by atoms with van der Waals surface area (Å²) in [4.78, 5) is 2.31. The number of anilines is 1. The Labute approximate surface area is 103 Å². The summed E-state index contributed by atoms with van der Waals surface area (Å²) in [6.45, 7) is 7.76. The first-order chi connectivity index (χ1) is 8.08. The molecule has 1 N–H and O–H groups in total. The van der Waals surface area contributed by atoms with E-state index in [1.54, 1.807) is 0 Å². The van der Waals surface area contributed by atoms with Gasteiger partial charge in [0.05, 0.1) is 18.3 Å². The number of para-hydroxylation sites is 1. The van der Waals surface area contributed by atoms with Crippen molar-refractivity contribution >= 4 is 5.69 Å². The summed E-state index contributed by atoms with van der Waals surface area (Å²) in [5.74, 6) is 0. The fourth-order valence-electron chi connectivity index (χ4n) is 2.50. The van der Waals surface area contributed by atoms with Crippen LogP contribution in [0.5, 0.6) is 0 Å². The highest BCUT2D eigenvalue weighted by Gasteiger charge is 2.24. The van der Waals surface area contributed by atoms with Crippen molar-refractivity contribution in [2.45, 2.75) is 39.1 Å². The molecular formula is C14H21NO2. The molecule has 3 atom stereocenters. The number of hydrogen-bond acceptors (Lipinski definition) is 3. The molecule has 0 spiro atoms. The van der Waals surface area contributed by atoms with E-state index in [0.717, 1.165) is 24.3 Å². The van der Waals surface area contributed by atoms with Crippen molar-refractivity contribution in [3.05, 3.63) is 29.8 Å². The maximum atomic E-state index is 9.81. The molecule has 17 heavy (non-hydrogen) atoms. The van der Waals surface area contributed by atoms with Crippen LogP contribution in [-0.4, -0.2) is 30.4 Å². The van der Waals surface area contributed by atoms with Crippen molar-refractivity contribution in [3.63, 3.8) is 0 Å². The molecule has 1 aromatic carbocycles. The number of aliphatic hydroxyl groups excluding tert-OH is 1. The summed E-state index contributed by atoms with van der Waals surface area (Å²) < 4.78 is 5.73. The summed E-state index contributed by atoms with van der Waals surface area (Å²) in [7, 11) is 0. The molecule has 3 nitrogen and oxygen atoms in total. The molecule has 3 heteroatoms. The van der Waals surface area contributed by atoms with Crippen LogP contribution in [0.2, 0.25) is 0 Å². The van der Waals surface area contributed by atoms with E-state index in [-0.39, 0.29) is 12.2 Å². The largest absolute Gasteiger partial charge is 0.389 e. The molecule has 2 unspecified atom stereocenters. The number of morpholine rings is 1. The predicted octanol–water partition coefficient (Wildman–Crippen LogP) is 2.35. The number of rotatable bonds is 2. The molecule has 0 amide bonds. The normalized spacial score (nSPS) is 26.9. The lowest BCUT2D eigenvalue weighted by Gasteiger charge is -2.38. The molecule has 1 fully saturated rings. The van der Waals surface area contributed by atoms with Crippen LogP contribution >= 0.6 is 0 Å². The quantitative estimate of drug-likeness (QED) is 0.854. The van der Waals surface area contributed by atoms with Crippen LogP contribution < -0.4 is 4.90 Å². The molecule has 1 heterocycles. The summed E-state index contributed by atoms with van der Waals surface area (Å²) in [6, 6.07) is 8.06. The predicted molar refractivity (Wildman–Crippen MR) is 69.3 cm³/mol. The minimum absolute atomic E-state index is 0.237. The average molecular weight is 235 g/mol. The van der Waals surface area contributed by atoms with Crippen LogP contribution in [0, 0.1) is 0 Å². The Kier molecular flexibility index (Phi) is 3.69. The third-order valence-electron chi connectivity index (χ3n) is 3.15. The van der Waals surface area contributed by atoms with Crippen molar-refractivity contribution in [2.75, 3.05) is 18.0 Å². The fourth-order valence-corrected chi connectivity index (χ4v) is 2.50. The van der Waals surface area contributed by atoms with Crippen molar-refractivity contribution < 1.29 is 9.84 Å². The van der Waals surface area contributed by atoms with Crippen molar-refractivity contribution in [3.8, 4) is 0 Å². The zero-order valence-electron chi connectivity index (χ0n) is 10.8. The summed E-state index contributed by atoms with van der Waals surface area (Å²) in [5.41, 5.74) is 2.12. The summed E-state index contributed by atoms with van der Waals surface area (Å²) in [6.07, 6.45) is 0.0428. The zero-order chi connectivity index (χ0) is 12.4. The van der Waals surface area contributed by atoms with E-state index >= 15 is 0 Å². The van der Waals surface area contributed by atoms with Crippen molar-refractivity contribution in [1.82, 2.24) is 0 Å². The maximum absolute atomic E-state index is 9.81. The van der Waals surface area contributed by atoms with E-state index < -0.39 is 6.10 Å². The third kappa shape index (κ3) is 2.79. The highest BCUT2D eigenvalue weighted by molar-refractivity contribution is 5.55. The van der Waals surface area contributed by atoms with Crippen LogP contribution in [0.15, 0.2) is 24.3 Å². The molecule has 94 valence electrons. The monoisotopic (exact) mass is 235 g/mol. The van der Waals surface area contributed by atoms with E-state index in [4.69, 9.17) is 4.74 Å². The van der Waals surface area contributed by atoms with Gasteiger partial charge < -0.3 is 14.7 Å². The lowest BCUT2D eigenvalue weighted by atomic mass is 10.1. The first-order valence-corrected chi connectivity index (χ1v) is 6.25. The lowest BCUT2D eigenvalue weighted by Crippen LogP contribution is -2.45. The molecule has 2 rings (SSSR count). The molecular weight excluding hydrogens is 214 g/mol. The Bertz CT molecular complexity index is 368. The second-order valence-corrected chi connectivity index (χ2v) is 4.90. The van der Waals surface area contributed by atoms with Gasteiger partial charge in [-0.2, -0.15) is 0 Å². The lowest BCUT2D eigenvalue weighted by molar-refractivity contribution is -0.00538. The summed E-state index contributed by atoms with van der Waals surface area (Å²) >= 11 is 0. The van der Waals surface area contributed by atoms with E-state index in [1.807, 2.05) is 25.1 Å². The Balaban J connectivity index is 2.27. The molecule has 1 aliphatic heterocycles. The molecule has 0 radical (unpaired) electrons. The van der Waals surface area contributed by atoms with Crippen LogP contribution in [-0.2, 0) is 4.74 Å². The Morgan fingerprint density at radius 2 is 1.82 bits per heavy atom. The number of ether oxygens (including phenoxy) is 1. The third-order valence-corrected chi connectivity index (χ3v) is 3.15. The van der Waals surface area contributed by atoms with Crippen molar-refractivity contribution in [2.24, 2.45) is 0 Å². The van der Waals surface area contributed by atoms with Gasteiger partial charge in [0.25, 0.3) is 0 Å². The first kappa shape index (κ1) is 12.4. The number of hydrogen-bond donors (Lipinski definition) is 1. The van der Waals surface area contributed by atoms with Gasteiger partial charge in [0.1, 0.15) is 0 Å². The molecule has 0 aliphatic carbocycles. The highest BCUT2D eigenvalue weighted by atomic mass is 16.5. The second-order valence-electron chi connectivity index (χ2n) is 4.90. The van der Waals surface area contributed by atoms with Gasteiger partial charge in [-0.1, -0.05) is 18.2 Å². The van der Waals surface area contributed by atoms with Gasteiger partial charge in [-0.15, -0.1) is 0 Å². The molecule has 1 aromatic rings. The first-order valence-electron chi connectivity index (χ1n) is 6.25. The van der Waals surface area contributed by atoms with Crippen LogP contribution in [0.3, 0.4) is 0 Å². The Hall–Kier alpha value is -1.06. The average Bonchev–Trinajstić information content (AvgIpc) is 2.27. The SMILES string of the molecule is CC1CN(c2ccccc2[C@@H](C)O)CC(C)O1. The zero-order valence-corrected chi connectivity index (χ0v) is 10.8. The van der Waals surface area contributed by atoms with Gasteiger partial charge >= 0.3 is 0 Å². The van der Waals surface area contributed by atoms with E-state index in [9.17, 15) is 5.11 Å². The minimum atomic E-state index is -0.431. The molecule has 1 saturated heterocycles. The van der Waals surface area contributed by atoms with Gasteiger partial charge in [-0.25, -0.2) is 0 Å². The number of nitrogens with zero attached hydrogens (tertiary/aromatic N) is 1. The number of aliphatic hydroxyl groups is 1. The molecule has 0 bridgehead atoms. The van der Waals surface area contributed by atoms with Crippen LogP contribution in [0.4, 0.5) is 5.69 Å². The van der Waals surface area contributed by atoms with Crippen molar-refractivity contribution in [1.29, 1.82) is 0 Å². The second kappa shape index (κ2) is 5.07. The van der Waals surface area contributed by atoms with Gasteiger partial charge in [-0.05, 0) is 26.8 Å². The van der Waals surface area contributed by atoms with Gasteiger partial charge in [0, 0.05) is 24.3 Å². The van der Waals surface area contributed by atoms with E-state index in [1.165, 1.54) is 0 Å². The minimum Gasteiger partial charge on any atom is -0.389 e. The van der Waals surface area contributed by atoms with Gasteiger partial charge in [0.15, 0.2) is 0 Å².